The summed E-state index contributed by atoms with van der Waals surface area (Å²) in [6.07, 6.45) is 0. The summed E-state index contributed by atoms with van der Waals surface area (Å²) in [6, 6.07) is -0.250. The number of nitrogens with two attached hydrogens (primary N) is 1. The Balaban J connectivity index is 3.70. The molecule has 0 fully saturated rings. The number of rotatable bonds is 4. The van der Waals surface area contributed by atoms with E-state index in [1.54, 1.807) is 6.92 Å². The van der Waals surface area contributed by atoms with Crippen LogP contribution in [0.5, 0.6) is 0 Å². The van der Waals surface area contributed by atoms with E-state index in [0.717, 1.165) is 0 Å². The molecule has 0 radical (unpaired) electrons. The van der Waals surface area contributed by atoms with Crippen molar-refractivity contribution in [3.63, 3.8) is 0 Å². The zero-order valence-corrected chi connectivity index (χ0v) is 7.87. The van der Waals surface area contributed by atoms with Crippen molar-refractivity contribution in [2.24, 2.45) is 16.8 Å². The Bertz CT molecular complexity index is 193. The molecule has 0 aliphatic carbocycles. The summed E-state index contributed by atoms with van der Waals surface area (Å²) in [5.41, 5.74) is 5.30. The van der Waals surface area contributed by atoms with Crippen LogP contribution in [-0.2, 0) is 0 Å². The molecule has 0 rings (SSSR count). The van der Waals surface area contributed by atoms with Gasteiger partial charge in [-0.3, -0.25) is 0 Å². The lowest BCUT2D eigenvalue weighted by atomic mass is 10.1. The fourth-order valence-corrected chi connectivity index (χ4v) is 0.672. The molecule has 0 heterocycles. The van der Waals surface area contributed by atoms with Crippen molar-refractivity contribution in [2.45, 2.75) is 13.8 Å². The molecule has 76 valence electrons. The van der Waals surface area contributed by atoms with E-state index in [9.17, 15) is 4.79 Å². The second kappa shape index (κ2) is 6.10. The SMILES string of the molecule is CCNC(=O)NCC(C)C(N)=NO. The lowest BCUT2D eigenvalue weighted by molar-refractivity contribution is 0.240. The number of urea groups is 1. The molecular formula is C7H16N4O2. The van der Waals surface area contributed by atoms with Gasteiger partial charge in [0.05, 0.1) is 0 Å². The second-order valence-corrected chi connectivity index (χ2v) is 2.67. The van der Waals surface area contributed by atoms with Crippen LogP contribution in [0.3, 0.4) is 0 Å². The highest BCUT2D eigenvalue weighted by atomic mass is 16.4. The number of nitrogens with zero attached hydrogens (tertiary/aromatic N) is 1. The highest BCUT2D eigenvalue weighted by molar-refractivity contribution is 5.83. The monoisotopic (exact) mass is 188 g/mol. The molecule has 6 nitrogen and oxygen atoms in total. The van der Waals surface area contributed by atoms with Gasteiger partial charge in [-0.05, 0) is 6.92 Å². The maximum Gasteiger partial charge on any atom is 0.314 e. The Hall–Kier alpha value is -1.46. The van der Waals surface area contributed by atoms with Crippen LogP contribution in [0.2, 0.25) is 0 Å². The van der Waals surface area contributed by atoms with Crippen molar-refractivity contribution in [3.05, 3.63) is 0 Å². The summed E-state index contributed by atoms with van der Waals surface area (Å²) in [5.74, 6) is -0.0654. The number of carbonyl (C=O) groups excluding carboxylic acids is 1. The quantitative estimate of drug-likeness (QED) is 0.211. The molecule has 13 heavy (non-hydrogen) atoms. The summed E-state index contributed by atoms with van der Waals surface area (Å²) >= 11 is 0. The largest absolute Gasteiger partial charge is 0.409 e. The van der Waals surface area contributed by atoms with Crippen molar-refractivity contribution in [3.8, 4) is 0 Å². The van der Waals surface area contributed by atoms with Gasteiger partial charge < -0.3 is 21.6 Å². The van der Waals surface area contributed by atoms with Crippen LogP contribution in [0, 0.1) is 5.92 Å². The van der Waals surface area contributed by atoms with E-state index in [1.807, 2.05) is 6.92 Å². The van der Waals surface area contributed by atoms with Gasteiger partial charge in [0.15, 0.2) is 0 Å². The average molecular weight is 188 g/mol. The number of amidine groups is 1. The Morgan fingerprint density at radius 2 is 2.23 bits per heavy atom. The van der Waals surface area contributed by atoms with Crippen molar-refractivity contribution in [2.75, 3.05) is 13.1 Å². The van der Waals surface area contributed by atoms with E-state index in [4.69, 9.17) is 10.9 Å². The van der Waals surface area contributed by atoms with Crippen molar-refractivity contribution < 1.29 is 10.0 Å². The summed E-state index contributed by atoms with van der Waals surface area (Å²) in [6.45, 7) is 4.50. The fraction of sp³-hybridized carbons (Fsp3) is 0.714. The Morgan fingerprint density at radius 3 is 2.69 bits per heavy atom. The molecule has 1 atom stereocenters. The summed E-state index contributed by atoms with van der Waals surface area (Å²) in [5, 5.41) is 16.3. The molecular weight excluding hydrogens is 172 g/mol. The molecule has 1 unspecified atom stereocenters. The maximum atomic E-state index is 10.9. The summed E-state index contributed by atoms with van der Waals surface area (Å²) in [4.78, 5) is 10.9. The molecule has 0 bridgehead atoms. The molecule has 5 N–H and O–H groups in total. The number of oxime groups is 1. The minimum atomic E-state index is -0.250. The predicted molar refractivity (Wildman–Crippen MR) is 49.6 cm³/mol. The van der Waals surface area contributed by atoms with E-state index in [-0.39, 0.29) is 17.8 Å². The first-order valence-electron chi connectivity index (χ1n) is 4.10. The van der Waals surface area contributed by atoms with Crippen LogP contribution in [-0.4, -0.2) is 30.2 Å². The third kappa shape index (κ3) is 4.89. The lowest BCUT2D eigenvalue weighted by Gasteiger charge is -2.10. The highest BCUT2D eigenvalue weighted by Gasteiger charge is 2.08. The lowest BCUT2D eigenvalue weighted by Crippen LogP contribution is -2.40. The third-order valence-corrected chi connectivity index (χ3v) is 1.53. The summed E-state index contributed by atoms with van der Waals surface area (Å²) in [7, 11) is 0. The molecule has 0 aliphatic heterocycles. The molecule has 0 aliphatic rings. The zero-order chi connectivity index (χ0) is 10.3. The number of hydrogen-bond donors (Lipinski definition) is 4. The van der Waals surface area contributed by atoms with Crippen LogP contribution < -0.4 is 16.4 Å². The molecule has 0 saturated heterocycles. The Morgan fingerprint density at radius 1 is 1.62 bits per heavy atom. The first kappa shape index (κ1) is 11.5. The van der Waals surface area contributed by atoms with Gasteiger partial charge >= 0.3 is 6.03 Å². The number of hydrogen-bond acceptors (Lipinski definition) is 3. The van der Waals surface area contributed by atoms with Gasteiger partial charge in [-0.2, -0.15) is 0 Å². The molecule has 0 spiro atoms. The van der Waals surface area contributed by atoms with Crippen LogP contribution in [0.4, 0.5) is 4.79 Å². The average Bonchev–Trinajstić information content (AvgIpc) is 2.13. The van der Waals surface area contributed by atoms with Gasteiger partial charge in [0, 0.05) is 19.0 Å². The molecule has 6 heteroatoms. The number of nitrogens with one attached hydrogen (secondary N) is 2. The molecule has 0 aromatic carbocycles. The van der Waals surface area contributed by atoms with Crippen LogP contribution >= 0.6 is 0 Å². The smallest absolute Gasteiger partial charge is 0.314 e. The number of amides is 2. The van der Waals surface area contributed by atoms with Crippen molar-refractivity contribution >= 4 is 11.9 Å². The van der Waals surface area contributed by atoms with Crippen LogP contribution in [0.1, 0.15) is 13.8 Å². The van der Waals surface area contributed by atoms with Gasteiger partial charge in [-0.1, -0.05) is 12.1 Å². The predicted octanol–water partition coefficient (Wildman–Crippen LogP) is -0.312. The van der Waals surface area contributed by atoms with Gasteiger partial charge in [0.1, 0.15) is 5.84 Å². The second-order valence-electron chi connectivity index (χ2n) is 2.67. The first-order chi connectivity index (χ1) is 6.11. The van der Waals surface area contributed by atoms with E-state index in [0.29, 0.717) is 13.1 Å². The van der Waals surface area contributed by atoms with E-state index in [1.165, 1.54) is 0 Å². The van der Waals surface area contributed by atoms with Gasteiger partial charge in [-0.15, -0.1) is 0 Å². The molecule has 0 aromatic heterocycles. The molecule has 2 amide bonds. The van der Waals surface area contributed by atoms with Gasteiger partial charge in [-0.25, -0.2) is 4.79 Å². The van der Waals surface area contributed by atoms with Crippen LogP contribution in [0.25, 0.3) is 0 Å². The van der Waals surface area contributed by atoms with E-state index < -0.39 is 0 Å². The maximum absolute atomic E-state index is 10.9. The van der Waals surface area contributed by atoms with Gasteiger partial charge in [0.2, 0.25) is 0 Å². The number of carbonyl (C=O) groups is 1. The van der Waals surface area contributed by atoms with E-state index >= 15 is 0 Å². The summed E-state index contributed by atoms with van der Waals surface area (Å²) < 4.78 is 0. The zero-order valence-electron chi connectivity index (χ0n) is 7.87. The topological polar surface area (TPSA) is 99.7 Å². The fourth-order valence-electron chi connectivity index (χ4n) is 0.672. The Kier molecular flexibility index (Phi) is 5.42. The van der Waals surface area contributed by atoms with Crippen LogP contribution in [0.15, 0.2) is 5.16 Å². The minimum Gasteiger partial charge on any atom is -0.409 e. The minimum absolute atomic E-state index is 0.108. The molecule has 0 saturated carbocycles. The van der Waals surface area contributed by atoms with Gasteiger partial charge in [0.25, 0.3) is 0 Å². The normalized spacial score (nSPS) is 13.5. The van der Waals surface area contributed by atoms with Crippen molar-refractivity contribution in [1.29, 1.82) is 0 Å². The standard InChI is InChI=1S/C7H16N4O2/c1-3-9-7(12)10-4-5(2)6(8)11-13/h5,13H,3-4H2,1-2H3,(H2,8,11)(H2,9,10,12). The van der Waals surface area contributed by atoms with Crippen molar-refractivity contribution in [1.82, 2.24) is 10.6 Å². The highest BCUT2D eigenvalue weighted by Crippen LogP contribution is 1.91. The van der Waals surface area contributed by atoms with E-state index in [2.05, 4.69) is 15.8 Å². The third-order valence-electron chi connectivity index (χ3n) is 1.53. The first-order valence-corrected chi connectivity index (χ1v) is 4.10. The molecule has 0 aromatic rings. The Labute approximate surface area is 77.2 Å².